The summed E-state index contributed by atoms with van der Waals surface area (Å²) in [4.78, 5) is 4.55. The zero-order chi connectivity index (χ0) is 19.0. The standard InChI is InChI=1S/C20H20N4O3/c1-12(2)24-15-9-8-13(10-14(15)11-21-24)20-22-19(23-27-20)18-16(25-3)6-5-7-17(18)26-4/h5-12H,1-4H3. The molecule has 138 valence electrons. The van der Waals surface area contributed by atoms with Gasteiger partial charge in [-0.05, 0) is 44.2 Å². The summed E-state index contributed by atoms with van der Waals surface area (Å²) in [6, 6.07) is 11.8. The van der Waals surface area contributed by atoms with Gasteiger partial charge in [0, 0.05) is 17.0 Å². The molecule has 4 aromatic rings. The fourth-order valence-corrected chi connectivity index (χ4v) is 3.11. The fraction of sp³-hybridized carbons (Fsp3) is 0.250. The second-order valence-electron chi connectivity index (χ2n) is 6.42. The van der Waals surface area contributed by atoms with Crippen LogP contribution >= 0.6 is 0 Å². The van der Waals surface area contributed by atoms with Crippen LogP contribution in [0.3, 0.4) is 0 Å². The van der Waals surface area contributed by atoms with Crippen LogP contribution < -0.4 is 9.47 Å². The minimum atomic E-state index is 0.293. The van der Waals surface area contributed by atoms with E-state index in [-0.39, 0.29) is 0 Å². The molecule has 0 aliphatic heterocycles. The molecule has 7 heteroatoms. The molecule has 0 saturated carbocycles. The molecule has 27 heavy (non-hydrogen) atoms. The Bertz CT molecular complexity index is 1080. The summed E-state index contributed by atoms with van der Waals surface area (Å²) < 4.78 is 18.3. The van der Waals surface area contributed by atoms with Crippen molar-refractivity contribution in [1.29, 1.82) is 0 Å². The number of hydrogen-bond acceptors (Lipinski definition) is 6. The third-order valence-corrected chi connectivity index (χ3v) is 4.41. The SMILES string of the molecule is COc1cccc(OC)c1-c1noc(-c2ccc3c(cnn3C(C)C)c2)n1. The maximum Gasteiger partial charge on any atom is 0.258 e. The third kappa shape index (κ3) is 2.91. The minimum Gasteiger partial charge on any atom is -0.496 e. The molecular formula is C20H20N4O3. The Hall–Kier alpha value is -3.35. The van der Waals surface area contributed by atoms with Crippen LogP contribution in [0.1, 0.15) is 19.9 Å². The molecule has 2 aromatic carbocycles. The molecule has 0 aliphatic rings. The molecule has 0 spiro atoms. The summed E-state index contributed by atoms with van der Waals surface area (Å²) >= 11 is 0. The first kappa shape index (κ1) is 17.1. The lowest BCUT2D eigenvalue weighted by Crippen LogP contribution is -2.01. The molecule has 2 heterocycles. The van der Waals surface area contributed by atoms with Gasteiger partial charge in [0.05, 0.1) is 25.9 Å². The smallest absolute Gasteiger partial charge is 0.258 e. The summed E-state index contributed by atoms with van der Waals surface area (Å²) in [6.07, 6.45) is 1.85. The molecule has 0 atom stereocenters. The number of hydrogen-bond donors (Lipinski definition) is 0. The number of nitrogens with zero attached hydrogens (tertiary/aromatic N) is 4. The largest absolute Gasteiger partial charge is 0.496 e. The van der Waals surface area contributed by atoms with Gasteiger partial charge < -0.3 is 14.0 Å². The van der Waals surface area contributed by atoms with Gasteiger partial charge in [0.25, 0.3) is 5.89 Å². The average molecular weight is 364 g/mol. The van der Waals surface area contributed by atoms with E-state index in [2.05, 4.69) is 29.1 Å². The van der Waals surface area contributed by atoms with E-state index in [0.717, 1.165) is 16.5 Å². The molecular weight excluding hydrogens is 344 g/mol. The second kappa shape index (κ2) is 6.75. The zero-order valence-corrected chi connectivity index (χ0v) is 15.6. The lowest BCUT2D eigenvalue weighted by atomic mass is 10.1. The second-order valence-corrected chi connectivity index (χ2v) is 6.42. The fourth-order valence-electron chi connectivity index (χ4n) is 3.11. The maximum absolute atomic E-state index is 5.51. The van der Waals surface area contributed by atoms with E-state index >= 15 is 0 Å². The highest BCUT2D eigenvalue weighted by atomic mass is 16.5. The molecule has 0 saturated heterocycles. The topological polar surface area (TPSA) is 75.2 Å². The van der Waals surface area contributed by atoms with Crippen molar-refractivity contribution in [2.75, 3.05) is 14.2 Å². The van der Waals surface area contributed by atoms with Crippen LogP contribution in [0.5, 0.6) is 11.5 Å². The predicted octanol–water partition coefficient (Wildman–Crippen LogP) is 4.35. The van der Waals surface area contributed by atoms with Crippen LogP contribution in [0.25, 0.3) is 33.7 Å². The molecule has 0 N–H and O–H groups in total. The van der Waals surface area contributed by atoms with Crippen molar-refractivity contribution in [2.24, 2.45) is 0 Å². The Kier molecular flexibility index (Phi) is 4.27. The van der Waals surface area contributed by atoms with Gasteiger partial charge in [-0.25, -0.2) is 0 Å². The zero-order valence-electron chi connectivity index (χ0n) is 15.6. The summed E-state index contributed by atoms with van der Waals surface area (Å²) in [5.41, 5.74) is 2.56. The number of benzene rings is 2. The predicted molar refractivity (Wildman–Crippen MR) is 102 cm³/mol. The Labute approximate surface area is 156 Å². The van der Waals surface area contributed by atoms with E-state index < -0.39 is 0 Å². The summed E-state index contributed by atoms with van der Waals surface area (Å²) in [7, 11) is 3.19. The molecule has 0 unspecified atom stereocenters. The molecule has 7 nitrogen and oxygen atoms in total. The van der Waals surface area contributed by atoms with E-state index in [1.165, 1.54) is 0 Å². The van der Waals surface area contributed by atoms with Crippen molar-refractivity contribution in [3.05, 3.63) is 42.6 Å². The van der Waals surface area contributed by atoms with Crippen molar-refractivity contribution >= 4 is 10.9 Å². The first-order chi connectivity index (χ1) is 13.1. The van der Waals surface area contributed by atoms with Crippen LogP contribution in [-0.2, 0) is 0 Å². The number of ether oxygens (including phenoxy) is 2. The Morgan fingerprint density at radius 1 is 1.04 bits per heavy atom. The van der Waals surface area contributed by atoms with Crippen molar-refractivity contribution in [1.82, 2.24) is 19.9 Å². The number of aromatic nitrogens is 4. The quantitative estimate of drug-likeness (QED) is 0.524. The van der Waals surface area contributed by atoms with Gasteiger partial charge in [-0.1, -0.05) is 11.2 Å². The van der Waals surface area contributed by atoms with E-state index in [9.17, 15) is 0 Å². The number of fused-ring (bicyclic) bond motifs is 1. The van der Waals surface area contributed by atoms with Crippen LogP contribution in [-0.4, -0.2) is 34.1 Å². The summed E-state index contributed by atoms with van der Waals surface area (Å²) in [5.74, 6) is 2.08. The highest BCUT2D eigenvalue weighted by molar-refractivity contribution is 5.83. The monoisotopic (exact) mass is 364 g/mol. The first-order valence-electron chi connectivity index (χ1n) is 8.65. The highest BCUT2D eigenvalue weighted by Crippen LogP contribution is 2.37. The number of rotatable bonds is 5. The molecule has 0 amide bonds. The van der Waals surface area contributed by atoms with E-state index in [4.69, 9.17) is 14.0 Å². The Balaban J connectivity index is 1.77. The molecule has 0 radical (unpaired) electrons. The van der Waals surface area contributed by atoms with Crippen molar-refractivity contribution in [3.8, 4) is 34.3 Å². The van der Waals surface area contributed by atoms with Gasteiger partial charge in [0.2, 0.25) is 5.82 Å². The highest BCUT2D eigenvalue weighted by Gasteiger charge is 2.19. The van der Waals surface area contributed by atoms with Crippen LogP contribution in [0.4, 0.5) is 0 Å². The van der Waals surface area contributed by atoms with Crippen molar-refractivity contribution < 1.29 is 14.0 Å². The number of methoxy groups -OCH3 is 2. The van der Waals surface area contributed by atoms with E-state index in [1.54, 1.807) is 14.2 Å². The van der Waals surface area contributed by atoms with Crippen molar-refractivity contribution in [3.63, 3.8) is 0 Å². The summed E-state index contributed by atoms with van der Waals surface area (Å²) in [6.45, 7) is 4.20. The van der Waals surface area contributed by atoms with Crippen LogP contribution in [0.2, 0.25) is 0 Å². The summed E-state index contributed by atoms with van der Waals surface area (Å²) in [5, 5.41) is 9.60. The van der Waals surface area contributed by atoms with Crippen LogP contribution in [0, 0.1) is 0 Å². The van der Waals surface area contributed by atoms with Gasteiger partial charge in [-0.15, -0.1) is 0 Å². The van der Waals surface area contributed by atoms with Gasteiger partial charge in [-0.3, -0.25) is 4.68 Å². The van der Waals surface area contributed by atoms with E-state index in [1.807, 2.05) is 47.3 Å². The van der Waals surface area contributed by atoms with Gasteiger partial charge >= 0.3 is 0 Å². The average Bonchev–Trinajstić information content (AvgIpc) is 3.33. The Morgan fingerprint density at radius 2 is 1.78 bits per heavy atom. The van der Waals surface area contributed by atoms with Gasteiger partial charge in [-0.2, -0.15) is 10.1 Å². The van der Waals surface area contributed by atoms with Crippen LogP contribution in [0.15, 0.2) is 47.1 Å². The molecule has 0 fully saturated rings. The molecule has 0 bridgehead atoms. The lowest BCUT2D eigenvalue weighted by molar-refractivity contribution is 0.394. The van der Waals surface area contributed by atoms with Crippen molar-refractivity contribution in [2.45, 2.75) is 19.9 Å². The van der Waals surface area contributed by atoms with E-state index in [0.29, 0.717) is 34.8 Å². The Morgan fingerprint density at radius 3 is 2.44 bits per heavy atom. The minimum absolute atomic E-state index is 0.293. The van der Waals surface area contributed by atoms with Gasteiger partial charge in [0.15, 0.2) is 0 Å². The molecule has 4 rings (SSSR count). The maximum atomic E-state index is 5.51. The first-order valence-corrected chi connectivity index (χ1v) is 8.65. The lowest BCUT2D eigenvalue weighted by Gasteiger charge is -2.09. The molecule has 0 aliphatic carbocycles. The normalized spacial score (nSPS) is 11.3. The third-order valence-electron chi connectivity index (χ3n) is 4.41. The molecule has 2 aromatic heterocycles. The van der Waals surface area contributed by atoms with Gasteiger partial charge in [0.1, 0.15) is 17.1 Å².